The SMILES string of the molecule is C=C(C)c1cc2c3c(nc(Cl)nc3n1)C(/C=C\C)=C(C)S2. The molecule has 0 unspecified atom stereocenters. The molecule has 0 atom stereocenters. The van der Waals surface area contributed by atoms with E-state index < -0.39 is 0 Å². The molecule has 0 saturated heterocycles. The van der Waals surface area contributed by atoms with Crippen molar-refractivity contribution in [1.29, 1.82) is 0 Å². The van der Waals surface area contributed by atoms with E-state index in [4.69, 9.17) is 11.6 Å². The van der Waals surface area contributed by atoms with Crippen molar-refractivity contribution in [2.24, 2.45) is 0 Å². The molecule has 0 N–H and O–H groups in total. The molecule has 2 aromatic rings. The van der Waals surface area contributed by atoms with Gasteiger partial charge in [0, 0.05) is 10.5 Å². The second-order valence-electron chi connectivity index (χ2n) is 4.90. The molecule has 21 heavy (non-hydrogen) atoms. The lowest BCUT2D eigenvalue weighted by Gasteiger charge is -2.19. The molecule has 0 aromatic carbocycles. The summed E-state index contributed by atoms with van der Waals surface area (Å²) in [5.41, 5.74) is 4.31. The van der Waals surface area contributed by atoms with Crippen LogP contribution in [0.3, 0.4) is 0 Å². The first kappa shape index (κ1) is 14.3. The third kappa shape index (κ3) is 2.39. The van der Waals surface area contributed by atoms with Gasteiger partial charge in [0.15, 0.2) is 5.65 Å². The zero-order valence-corrected chi connectivity index (χ0v) is 13.6. The summed E-state index contributed by atoms with van der Waals surface area (Å²) in [6.07, 6.45) is 4.05. The second-order valence-corrected chi connectivity index (χ2v) is 6.49. The maximum absolute atomic E-state index is 6.09. The highest BCUT2D eigenvalue weighted by Gasteiger charge is 2.22. The average molecular weight is 316 g/mol. The maximum Gasteiger partial charge on any atom is 0.225 e. The molecule has 0 saturated carbocycles. The minimum Gasteiger partial charge on any atom is -0.228 e. The Labute approximate surface area is 132 Å². The first-order valence-corrected chi connectivity index (χ1v) is 7.76. The lowest BCUT2D eigenvalue weighted by molar-refractivity contribution is 1.13. The minimum atomic E-state index is 0.219. The van der Waals surface area contributed by atoms with E-state index >= 15 is 0 Å². The summed E-state index contributed by atoms with van der Waals surface area (Å²) in [5, 5.41) is 1.18. The van der Waals surface area contributed by atoms with Crippen LogP contribution < -0.4 is 0 Å². The Bertz CT molecular complexity index is 837. The number of halogens is 1. The van der Waals surface area contributed by atoms with Crippen molar-refractivity contribution in [3.63, 3.8) is 0 Å². The molecule has 0 amide bonds. The van der Waals surface area contributed by atoms with Crippen molar-refractivity contribution < 1.29 is 0 Å². The van der Waals surface area contributed by atoms with Crippen molar-refractivity contribution in [1.82, 2.24) is 15.0 Å². The number of allylic oxidation sites excluding steroid dienone is 5. The molecule has 1 aliphatic heterocycles. The van der Waals surface area contributed by atoms with Gasteiger partial charge in [-0.05, 0) is 48.9 Å². The van der Waals surface area contributed by atoms with Gasteiger partial charge in [0.1, 0.15) is 0 Å². The lowest BCUT2D eigenvalue weighted by Crippen LogP contribution is -2.03. The van der Waals surface area contributed by atoms with E-state index in [9.17, 15) is 0 Å². The van der Waals surface area contributed by atoms with Gasteiger partial charge in [0.2, 0.25) is 5.28 Å². The average Bonchev–Trinajstić information content (AvgIpc) is 2.42. The Balaban J connectivity index is 2.41. The number of nitrogens with zero attached hydrogens (tertiary/aromatic N) is 3. The molecule has 0 aliphatic carbocycles. The highest BCUT2D eigenvalue weighted by molar-refractivity contribution is 8.03. The van der Waals surface area contributed by atoms with Crippen LogP contribution in [-0.4, -0.2) is 15.0 Å². The van der Waals surface area contributed by atoms with Gasteiger partial charge in [0.05, 0.1) is 16.8 Å². The molecule has 0 radical (unpaired) electrons. The van der Waals surface area contributed by atoms with Crippen LogP contribution >= 0.6 is 23.4 Å². The molecule has 5 heteroatoms. The predicted molar refractivity (Wildman–Crippen MR) is 90.3 cm³/mol. The molecule has 2 aromatic heterocycles. The van der Waals surface area contributed by atoms with Crippen LogP contribution in [0.25, 0.3) is 22.2 Å². The van der Waals surface area contributed by atoms with Crippen molar-refractivity contribution in [3.05, 3.63) is 46.4 Å². The summed E-state index contributed by atoms with van der Waals surface area (Å²) in [4.78, 5) is 15.6. The molecular weight excluding hydrogens is 302 g/mol. The Morgan fingerprint density at radius 1 is 1.33 bits per heavy atom. The molecule has 0 bridgehead atoms. The first-order valence-electron chi connectivity index (χ1n) is 6.57. The van der Waals surface area contributed by atoms with Crippen molar-refractivity contribution in [3.8, 4) is 0 Å². The quantitative estimate of drug-likeness (QED) is 0.721. The van der Waals surface area contributed by atoms with Gasteiger partial charge in [0.25, 0.3) is 0 Å². The fraction of sp³-hybridized carbons (Fsp3) is 0.188. The molecule has 1 aliphatic rings. The number of rotatable bonds is 2. The maximum atomic E-state index is 6.09. The van der Waals surface area contributed by atoms with Gasteiger partial charge < -0.3 is 0 Å². The van der Waals surface area contributed by atoms with Crippen molar-refractivity contribution in [2.75, 3.05) is 0 Å². The Hall–Kier alpha value is -1.65. The Morgan fingerprint density at radius 2 is 2.10 bits per heavy atom. The summed E-state index contributed by atoms with van der Waals surface area (Å²) in [7, 11) is 0. The molecule has 106 valence electrons. The number of pyridine rings is 1. The minimum absolute atomic E-state index is 0.219. The standard InChI is InChI=1S/C16H14ClN3S/c1-5-6-10-9(4)21-12-7-11(8(2)3)18-15-13(12)14(10)19-16(17)20-15/h5-7H,2H2,1,3-4H3/b6-5-. The highest BCUT2D eigenvalue weighted by atomic mass is 35.5. The second kappa shape index (κ2) is 5.28. The topological polar surface area (TPSA) is 38.7 Å². The molecule has 3 nitrogen and oxygen atoms in total. The highest BCUT2D eigenvalue weighted by Crippen LogP contribution is 2.44. The first-order chi connectivity index (χ1) is 10.0. The predicted octanol–water partition coefficient (Wildman–Crippen LogP) is 5.12. The summed E-state index contributed by atoms with van der Waals surface area (Å²) in [6, 6.07) is 2.05. The third-order valence-corrected chi connectivity index (χ3v) is 4.51. The Morgan fingerprint density at radius 3 is 2.76 bits per heavy atom. The van der Waals surface area contributed by atoms with Crippen LogP contribution in [0, 0.1) is 0 Å². The normalized spacial score (nSPS) is 14.3. The Kier molecular flexibility index (Phi) is 3.59. The summed E-state index contributed by atoms with van der Waals surface area (Å²) in [5.74, 6) is 0. The fourth-order valence-corrected chi connectivity index (χ4v) is 3.55. The monoisotopic (exact) mass is 315 g/mol. The van der Waals surface area contributed by atoms with E-state index in [1.54, 1.807) is 11.8 Å². The van der Waals surface area contributed by atoms with Crippen LogP contribution in [0.5, 0.6) is 0 Å². The van der Waals surface area contributed by atoms with Gasteiger partial charge in [-0.15, -0.1) is 0 Å². The van der Waals surface area contributed by atoms with Crippen molar-refractivity contribution in [2.45, 2.75) is 25.7 Å². The lowest BCUT2D eigenvalue weighted by atomic mass is 10.1. The zero-order valence-electron chi connectivity index (χ0n) is 12.1. The van der Waals surface area contributed by atoms with Gasteiger partial charge in [-0.25, -0.2) is 9.97 Å². The van der Waals surface area contributed by atoms with Crippen LogP contribution in [0.2, 0.25) is 5.28 Å². The summed E-state index contributed by atoms with van der Waals surface area (Å²) >= 11 is 7.80. The van der Waals surface area contributed by atoms with Crippen LogP contribution in [0.1, 0.15) is 32.2 Å². The van der Waals surface area contributed by atoms with Gasteiger partial charge in [-0.1, -0.05) is 30.5 Å². The van der Waals surface area contributed by atoms with Gasteiger partial charge >= 0.3 is 0 Å². The van der Waals surface area contributed by atoms with E-state index in [0.29, 0.717) is 5.65 Å². The van der Waals surface area contributed by atoms with Crippen LogP contribution in [0.4, 0.5) is 0 Å². The van der Waals surface area contributed by atoms with E-state index in [1.807, 2.05) is 26.0 Å². The number of hydrogen-bond donors (Lipinski definition) is 0. The fourth-order valence-electron chi connectivity index (χ4n) is 2.32. The van der Waals surface area contributed by atoms with Crippen LogP contribution in [0.15, 0.2) is 34.6 Å². The summed E-state index contributed by atoms with van der Waals surface area (Å²) < 4.78 is 0. The van der Waals surface area contributed by atoms with E-state index in [1.165, 1.54) is 4.91 Å². The molecule has 0 spiro atoms. The molecular formula is C16H14ClN3S. The number of hydrogen-bond acceptors (Lipinski definition) is 4. The summed E-state index contributed by atoms with van der Waals surface area (Å²) in [6.45, 7) is 9.98. The smallest absolute Gasteiger partial charge is 0.225 e. The molecule has 0 fully saturated rings. The third-order valence-electron chi connectivity index (χ3n) is 3.27. The number of thioether (sulfide) groups is 1. The molecule has 3 heterocycles. The van der Waals surface area contributed by atoms with Gasteiger partial charge in [-0.2, -0.15) is 4.98 Å². The van der Waals surface area contributed by atoms with E-state index in [2.05, 4.69) is 34.5 Å². The number of aromatic nitrogens is 3. The largest absolute Gasteiger partial charge is 0.228 e. The van der Waals surface area contributed by atoms with Crippen LogP contribution in [-0.2, 0) is 0 Å². The van der Waals surface area contributed by atoms with E-state index in [0.717, 1.165) is 32.8 Å². The van der Waals surface area contributed by atoms with E-state index in [-0.39, 0.29) is 5.28 Å². The zero-order chi connectivity index (χ0) is 15.1. The van der Waals surface area contributed by atoms with Gasteiger partial charge in [-0.3, -0.25) is 0 Å². The van der Waals surface area contributed by atoms with Crippen molar-refractivity contribution >= 4 is 45.5 Å². The molecule has 3 rings (SSSR count).